The Bertz CT molecular complexity index is 324. The lowest BCUT2D eigenvalue weighted by Crippen LogP contribution is -2.20. The van der Waals surface area contributed by atoms with E-state index < -0.39 is 0 Å². The van der Waals surface area contributed by atoms with Gasteiger partial charge in [0.15, 0.2) is 0 Å². The number of aryl methyl sites for hydroxylation is 1. The number of rotatable bonds is 6. The van der Waals surface area contributed by atoms with Crippen molar-refractivity contribution in [1.82, 2.24) is 0 Å². The fraction of sp³-hybridized carbons (Fsp3) is 0.625. The first-order valence-electron chi connectivity index (χ1n) is 7.14. The SMILES string of the molecule is CCCC(N)CCc1ccc(C2CCC2)cc1. The molecular weight excluding hydrogens is 206 g/mol. The van der Waals surface area contributed by atoms with Crippen molar-refractivity contribution in [2.24, 2.45) is 5.73 Å². The lowest BCUT2D eigenvalue weighted by atomic mass is 9.80. The van der Waals surface area contributed by atoms with Crippen LogP contribution in [0.3, 0.4) is 0 Å². The van der Waals surface area contributed by atoms with E-state index in [1.54, 1.807) is 0 Å². The lowest BCUT2D eigenvalue weighted by molar-refractivity contribution is 0.419. The largest absolute Gasteiger partial charge is 0.328 e. The Kier molecular flexibility index (Phi) is 4.61. The van der Waals surface area contributed by atoms with Crippen molar-refractivity contribution in [2.45, 2.75) is 63.8 Å². The van der Waals surface area contributed by atoms with Gasteiger partial charge in [-0.15, -0.1) is 0 Å². The van der Waals surface area contributed by atoms with Gasteiger partial charge in [0.25, 0.3) is 0 Å². The van der Waals surface area contributed by atoms with Gasteiger partial charge < -0.3 is 5.73 Å². The summed E-state index contributed by atoms with van der Waals surface area (Å²) >= 11 is 0. The minimum atomic E-state index is 0.381. The molecule has 0 radical (unpaired) electrons. The van der Waals surface area contributed by atoms with Crippen molar-refractivity contribution >= 4 is 0 Å². The fourth-order valence-corrected chi connectivity index (χ4v) is 2.57. The summed E-state index contributed by atoms with van der Waals surface area (Å²) in [5.41, 5.74) is 9.02. The molecule has 1 saturated carbocycles. The Balaban J connectivity index is 1.81. The molecule has 1 atom stereocenters. The first kappa shape index (κ1) is 12.6. The van der Waals surface area contributed by atoms with Crippen LogP contribution in [0.25, 0.3) is 0 Å². The van der Waals surface area contributed by atoms with E-state index in [0.29, 0.717) is 6.04 Å². The number of hydrogen-bond acceptors (Lipinski definition) is 1. The van der Waals surface area contributed by atoms with E-state index in [2.05, 4.69) is 31.2 Å². The molecule has 0 saturated heterocycles. The second kappa shape index (κ2) is 6.20. The molecule has 94 valence electrons. The molecule has 1 aromatic rings. The zero-order valence-electron chi connectivity index (χ0n) is 11.0. The van der Waals surface area contributed by atoms with Crippen LogP contribution in [0.2, 0.25) is 0 Å². The van der Waals surface area contributed by atoms with Crippen LogP contribution in [0.4, 0.5) is 0 Å². The van der Waals surface area contributed by atoms with Gasteiger partial charge in [-0.1, -0.05) is 44.0 Å². The summed E-state index contributed by atoms with van der Waals surface area (Å²) in [7, 11) is 0. The minimum absolute atomic E-state index is 0.381. The molecule has 17 heavy (non-hydrogen) atoms. The highest BCUT2D eigenvalue weighted by molar-refractivity contribution is 5.26. The Labute approximate surface area is 105 Å². The van der Waals surface area contributed by atoms with Crippen LogP contribution in [0.15, 0.2) is 24.3 Å². The molecule has 1 nitrogen and oxygen atoms in total. The van der Waals surface area contributed by atoms with Crippen molar-refractivity contribution in [1.29, 1.82) is 0 Å². The number of benzene rings is 1. The van der Waals surface area contributed by atoms with Gasteiger partial charge in [-0.2, -0.15) is 0 Å². The highest BCUT2D eigenvalue weighted by Gasteiger charge is 2.18. The van der Waals surface area contributed by atoms with E-state index in [9.17, 15) is 0 Å². The van der Waals surface area contributed by atoms with E-state index >= 15 is 0 Å². The first-order chi connectivity index (χ1) is 8.29. The van der Waals surface area contributed by atoms with Gasteiger partial charge >= 0.3 is 0 Å². The Morgan fingerprint density at radius 3 is 2.41 bits per heavy atom. The topological polar surface area (TPSA) is 26.0 Å². The van der Waals surface area contributed by atoms with Crippen molar-refractivity contribution < 1.29 is 0 Å². The minimum Gasteiger partial charge on any atom is -0.328 e. The molecular formula is C16H25N. The summed E-state index contributed by atoms with van der Waals surface area (Å²) in [5, 5.41) is 0. The van der Waals surface area contributed by atoms with Gasteiger partial charge in [-0.25, -0.2) is 0 Å². The van der Waals surface area contributed by atoms with Gasteiger partial charge in [0.1, 0.15) is 0 Å². The third-order valence-electron chi connectivity index (χ3n) is 4.02. The smallest absolute Gasteiger partial charge is 0.00418 e. The van der Waals surface area contributed by atoms with Crippen LogP contribution in [0.5, 0.6) is 0 Å². The molecule has 1 aromatic carbocycles. The zero-order chi connectivity index (χ0) is 12.1. The van der Waals surface area contributed by atoms with Gasteiger partial charge in [0.2, 0.25) is 0 Å². The van der Waals surface area contributed by atoms with Gasteiger partial charge in [-0.05, 0) is 49.1 Å². The molecule has 2 rings (SSSR count). The van der Waals surface area contributed by atoms with Crippen LogP contribution < -0.4 is 5.73 Å². The highest BCUT2D eigenvalue weighted by atomic mass is 14.6. The van der Waals surface area contributed by atoms with Crippen molar-refractivity contribution in [2.75, 3.05) is 0 Å². The molecule has 1 aliphatic carbocycles. The van der Waals surface area contributed by atoms with Gasteiger partial charge in [0.05, 0.1) is 0 Å². The summed E-state index contributed by atoms with van der Waals surface area (Å²) in [6.45, 7) is 2.20. The molecule has 0 amide bonds. The molecule has 0 bridgehead atoms. The van der Waals surface area contributed by atoms with Gasteiger partial charge in [0, 0.05) is 6.04 Å². The van der Waals surface area contributed by atoms with Crippen LogP contribution >= 0.6 is 0 Å². The number of hydrogen-bond donors (Lipinski definition) is 1. The average molecular weight is 231 g/mol. The van der Waals surface area contributed by atoms with Crippen LogP contribution in [0.1, 0.15) is 62.5 Å². The molecule has 0 aromatic heterocycles. The van der Waals surface area contributed by atoms with Crippen molar-refractivity contribution in [3.63, 3.8) is 0 Å². The Morgan fingerprint density at radius 1 is 1.18 bits per heavy atom. The number of nitrogens with two attached hydrogens (primary N) is 1. The van der Waals surface area contributed by atoms with Crippen LogP contribution in [-0.4, -0.2) is 6.04 Å². The standard InChI is InChI=1S/C16H25N/c1-2-4-16(17)12-9-13-7-10-15(11-8-13)14-5-3-6-14/h7-8,10-11,14,16H,2-6,9,12,17H2,1H3. The predicted molar refractivity (Wildman–Crippen MR) is 74.2 cm³/mol. The summed E-state index contributed by atoms with van der Waals surface area (Å²) in [6, 6.07) is 9.62. The predicted octanol–water partition coefficient (Wildman–Crippen LogP) is 4.01. The van der Waals surface area contributed by atoms with Gasteiger partial charge in [-0.3, -0.25) is 0 Å². The summed E-state index contributed by atoms with van der Waals surface area (Å²) in [6.07, 6.45) is 8.80. The molecule has 1 unspecified atom stereocenters. The highest BCUT2D eigenvalue weighted by Crippen LogP contribution is 2.36. The second-order valence-electron chi connectivity index (χ2n) is 5.46. The maximum atomic E-state index is 6.04. The van der Waals surface area contributed by atoms with E-state index in [1.807, 2.05) is 0 Å². The van der Waals surface area contributed by atoms with E-state index in [-0.39, 0.29) is 0 Å². The maximum Gasteiger partial charge on any atom is 0.00418 e. The molecule has 2 N–H and O–H groups in total. The molecule has 0 heterocycles. The summed E-state index contributed by atoms with van der Waals surface area (Å²) < 4.78 is 0. The van der Waals surface area contributed by atoms with E-state index in [0.717, 1.165) is 25.2 Å². The fourth-order valence-electron chi connectivity index (χ4n) is 2.57. The Morgan fingerprint density at radius 2 is 1.88 bits per heavy atom. The third-order valence-corrected chi connectivity index (χ3v) is 4.02. The lowest BCUT2D eigenvalue weighted by Gasteiger charge is -2.25. The van der Waals surface area contributed by atoms with E-state index in [1.165, 1.54) is 36.8 Å². The maximum absolute atomic E-state index is 6.04. The second-order valence-corrected chi connectivity index (χ2v) is 5.46. The van der Waals surface area contributed by atoms with Crippen molar-refractivity contribution in [3.05, 3.63) is 35.4 Å². The summed E-state index contributed by atoms with van der Waals surface area (Å²) in [4.78, 5) is 0. The molecule has 1 aliphatic rings. The molecule has 0 aliphatic heterocycles. The van der Waals surface area contributed by atoms with Crippen LogP contribution in [-0.2, 0) is 6.42 Å². The molecule has 1 heteroatoms. The van der Waals surface area contributed by atoms with Crippen LogP contribution in [0, 0.1) is 0 Å². The first-order valence-corrected chi connectivity index (χ1v) is 7.14. The normalized spacial score (nSPS) is 17.8. The monoisotopic (exact) mass is 231 g/mol. The zero-order valence-corrected chi connectivity index (χ0v) is 11.0. The molecule has 1 fully saturated rings. The molecule has 0 spiro atoms. The summed E-state index contributed by atoms with van der Waals surface area (Å²) in [5.74, 6) is 0.853. The van der Waals surface area contributed by atoms with E-state index in [4.69, 9.17) is 5.73 Å². The quantitative estimate of drug-likeness (QED) is 0.786. The third kappa shape index (κ3) is 3.57. The average Bonchev–Trinajstić information content (AvgIpc) is 2.26. The Hall–Kier alpha value is -0.820. The van der Waals surface area contributed by atoms with Crippen molar-refractivity contribution in [3.8, 4) is 0 Å².